The number of esters is 1. The second kappa shape index (κ2) is 25.3. The molecule has 0 spiro atoms. The highest BCUT2D eigenvalue weighted by atomic mass is 31.2. The first kappa shape index (κ1) is 36.6. The van der Waals surface area contributed by atoms with Crippen LogP contribution >= 0.6 is 7.60 Å². The van der Waals surface area contributed by atoms with E-state index in [0.717, 1.165) is 38.8 Å². The van der Waals surface area contributed by atoms with Gasteiger partial charge in [-0.3, -0.25) is 9.36 Å². The zero-order chi connectivity index (χ0) is 28.4. The smallest absolute Gasteiger partial charge is 0.329 e. The number of nitrogens with zero attached hydrogens (tertiary/aromatic N) is 1. The quantitative estimate of drug-likeness (QED) is 0.0571. The number of hydrogen-bond donors (Lipinski definition) is 1. The third kappa shape index (κ3) is 22.9. The Balaban J connectivity index is 1.98. The Morgan fingerprint density at radius 3 is 1.74 bits per heavy atom. The van der Waals surface area contributed by atoms with Crippen LogP contribution in [0.2, 0.25) is 0 Å². The van der Waals surface area contributed by atoms with Crippen LogP contribution in [0.25, 0.3) is 0 Å². The van der Waals surface area contributed by atoms with E-state index in [-0.39, 0.29) is 31.8 Å². The molecule has 1 saturated heterocycles. The van der Waals surface area contributed by atoms with Gasteiger partial charge >= 0.3 is 13.6 Å². The molecule has 7 nitrogen and oxygen atoms in total. The van der Waals surface area contributed by atoms with Crippen molar-refractivity contribution in [2.75, 3.05) is 45.6 Å². The fourth-order valence-electron chi connectivity index (χ4n) is 5.07. The van der Waals surface area contributed by atoms with Gasteiger partial charge in [-0.05, 0) is 32.4 Å². The first-order chi connectivity index (χ1) is 19.0. The zero-order valence-electron chi connectivity index (χ0n) is 25.6. The van der Waals surface area contributed by atoms with Crippen molar-refractivity contribution in [3.8, 4) is 0 Å². The lowest BCUT2D eigenvalue weighted by Crippen LogP contribution is -2.29. The largest absolute Gasteiger partial charge is 0.457 e. The summed E-state index contributed by atoms with van der Waals surface area (Å²) in [4.78, 5) is 24.1. The van der Waals surface area contributed by atoms with Gasteiger partial charge in [0.05, 0.1) is 19.4 Å². The van der Waals surface area contributed by atoms with Gasteiger partial charge in [0.25, 0.3) is 0 Å². The van der Waals surface area contributed by atoms with Crippen LogP contribution < -0.4 is 0 Å². The van der Waals surface area contributed by atoms with Crippen molar-refractivity contribution in [3.05, 3.63) is 0 Å². The van der Waals surface area contributed by atoms with E-state index in [0.29, 0.717) is 13.2 Å². The van der Waals surface area contributed by atoms with E-state index in [1.165, 1.54) is 96.3 Å². The second-order valence-electron chi connectivity index (χ2n) is 11.4. The number of carbonyl (C=O) groups is 1. The van der Waals surface area contributed by atoms with Crippen LogP contribution in [0.15, 0.2) is 0 Å². The van der Waals surface area contributed by atoms with Crippen molar-refractivity contribution in [3.63, 3.8) is 0 Å². The molecule has 2 atom stereocenters. The Bertz CT molecular complexity index is 614. The Kier molecular flexibility index (Phi) is 23.7. The van der Waals surface area contributed by atoms with Crippen LogP contribution in [0.4, 0.5) is 0 Å². The molecule has 0 bridgehead atoms. The fourth-order valence-corrected chi connectivity index (χ4v) is 6.13. The van der Waals surface area contributed by atoms with Gasteiger partial charge in [-0.25, -0.2) is 0 Å². The van der Waals surface area contributed by atoms with Crippen LogP contribution in [0, 0.1) is 0 Å². The molecule has 0 aromatic rings. The molecule has 1 fully saturated rings. The summed E-state index contributed by atoms with van der Waals surface area (Å²) < 4.78 is 28.8. The average molecular weight is 576 g/mol. The van der Waals surface area contributed by atoms with E-state index in [2.05, 4.69) is 11.8 Å². The highest BCUT2D eigenvalue weighted by Gasteiger charge is 2.25. The van der Waals surface area contributed by atoms with Gasteiger partial charge in [-0.2, -0.15) is 0 Å². The molecular weight excluding hydrogens is 513 g/mol. The molecule has 0 amide bonds. The number of carbonyl (C=O) groups excluding carboxylic acids is 1. The molecule has 1 rings (SSSR count). The molecular formula is C31H62NO6P. The minimum Gasteiger partial charge on any atom is -0.457 e. The van der Waals surface area contributed by atoms with Crippen molar-refractivity contribution in [2.24, 2.45) is 0 Å². The summed E-state index contributed by atoms with van der Waals surface area (Å²) in [6, 6.07) is 0. The maximum Gasteiger partial charge on any atom is 0.329 e. The van der Waals surface area contributed by atoms with Gasteiger partial charge in [-0.1, -0.05) is 117 Å². The third-order valence-electron chi connectivity index (χ3n) is 7.64. The summed E-state index contributed by atoms with van der Waals surface area (Å²) in [6.07, 6.45) is 24.7. The molecule has 0 aliphatic carbocycles. The van der Waals surface area contributed by atoms with Crippen molar-refractivity contribution in [1.82, 2.24) is 4.90 Å². The molecule has 0 aromatic heterocycles. The van der Waals surface area contributed by atoms with Gasteiger partial charge in [0.2, 0.25) is 0 Å². The van der Waals surface area contributed by atoms with Crippen molar-refractivity contribution in [1.29, 1.82) is 0 Å². The van der Waals surface area contributed by atoms with Crippen molar-refractivity contribution >= 4 is 13.6 Å². The van der Waals surface area contributed by atoms with Crippen LogP contribution in [0.3, 0.4) is 0 Å². The first-order valence-corrected chi connectivity index (χ1v) is 18.2. The molecule has 0 aromatic carbocycles. The lowest BCUT2D eigenvalue weighted by Gasteiger charge is -2.21. The number of hydrogen-bond acceptors (Lipinski definition) is 6. The molecule has 2 unspecified atom stereocenters. The summed E-state index contributed by atoms with van der Waals surface area (Å²) in [5.41, 5.74) is 0. The Labute approximate surface area is 240 Å². The molecule has 0 saturated carbocycles. The summed E-state index contributed by atoms with van der Waals surface area (Å²) in [5.74, 6) is -0.352. The highest BCUT2D eigenvalue weighted by Crippen LogP contribution is 2.42. The Morgan fingerprint density at radius 1 is 0.769 bits per heavy atom. The van der Waals surface area contributed by atoms with Crippen molar-refractivity contribution < 1.29 is 28.3 Å². The van der Waals surface area contributed by atoms with Gasteiger partial charge in [-0.15, -0.1) is 0 Å². The van der Waals surface area contributed by atoms with Crippen LogP contribution in [-0.2, 0) is 23.4 Å². The average Bonchev–Trinajstić information content (AvgIpc) is 3.45. The molecule has 8 heteroatoms. The standard InChI is InChI=1S/C31H62NO6P/c1-3-5-6-7-8-9-10-11-12-13-14-15-16-17-18-19-22-26-36-28-30(38-31(33)4-2)29-37-39(34,35)27-25-32-23-20-21-24-32/h30H,3-29H2,1-2H3,(H,34,35). The van der Waals surface area contributed by atoms with Crippen molar-refractivity contribution in [2.45, 2.75) is 148 Å². The van der Waals surface area contributed by atoms with Crippen LogP contribution in [0.5, 0.6) is 0 Å². The number of rotatable bonds is 28. The lowest BCUT2D eigenvalue weighted by molar-refractivity contribution is -0.153. The predicted octanol–water partition coefficient (Wildman–Crippen LogP) is 8.27. The Morgan fingerprint density at radius 2 is 1.26 bits per heavy atom. The number of unbranched alkanes of at least 4 members (excludes halogenated alkanes) is 16. The van der Waals surface area contributed by atoms with Gasteiger partial charge in [0.15, 0.2) is 0 Å². The van der Waals surface area contributed by atoms with Gasteiger partial charge in [0, 0.05) is 19.6 Å². The minimum absolute atomic E-state index is 0.0988. The van der Waals surface area contributed by atoms with Gasteiger partial charge in [0.1, 0.15) is 6.10 Å². The summed E-state index contributed by atoms with van der Waals surface area (Å²) >= 11 is 0. The van der Waals surface area contributed by atoms with E-state index < -0.39 is 13.7 Å². The lowest BCUT2D eigenvalue weighted by atomic mass is 10.0. The minimum atomic E-state index is -3.72. The predicted molar refractivity (Wildman–Crippen MR) is 161 cm³/mol. The normalized spacial score (nSPS) is 16.4. The van der Waals surface area contributed by atoms with E-state index in [1.54, 1.807) is 6.92 Å². The van der Waals surface area contributed by atoms with Crippen LogP contribution in [-0.4, -0.2) is 67.5 Å². The first-order valence-electron chi connectivity index (χ1n) is 16.4. The molecule has 232 valence electrons. The summed E-state index contributed by atoms with van der Waals surface area (Å²) in [6.45, 7) is 7.20. The monoisotopic (exact) mass is 575 g/mol. The van der Waals surface area contributed by atoms with E-state index in [9.17, 15) is 14.3 Å². The van der Waals surface area contributed by atoms with Gasteiger partial charge < -0.3 is 23.8 Å². The molecule has 1 heterocycles. The summed E-state index contributed by atoms with van der Waals surface area (Å²) in [7, 11) is -3.72. The second-order valence-corrected chi connectivity index (χ2v) is 13.4. The maximum atomic E-state index is 12.4. The highest BCUT2D eigenvalue weighted by molar-refractivity contribution is 7.52. The SMILES string of the molecule is CCCCCCCCCCCCCCCCCCCOCC(COP(=O)(O)CCN1CCCC1)OC(=O)CC. The zero-order valence-corrected chi connectivity index (χ0v) is 26.4. The molecule has 1 aliphatic rings. The molecule has 0 radical (unpaired) electrons. The molecule has 1 N–H and O–H groups in total. The number of likely N-dealkylation sites (tertiary alicyclic amines) is 1. The molecule has 1 aliphatic heterocycles. The maximum absolute atomic E-state index is 12.4. The topological polar surface area (TPSA) is 85.3 Å². The van der Waals surface area contributed by atoms with E-state index >= 15 is 0 Å². The Hall–Kier alpha value is -0.460. The summed E-state index contributed by atoms with van der Waals surface area (Å²) in [5, 5.41) is 0. The van der Waals surface area contributed by atoms with Crippen LogP contribution in [0.1, 0.15) is 142 Å². The fraction of sp³-hybridized carbons (Fsp3) is 0.968. The van der Waals surface area contributed by atoms with E-state index in [1.807, 2.05) is 0 Å². The molecule has 39 heavy (non-hydrogen) atoms. The third-order valence-corrected chi connectivity index (χ3v) is 8.96. The van der Waals surface area contributed by atoms with E-state index in [4.69, 9.17) is 14.0 Å². The number of ether oxygens (including phenoxy) is 2.